The zero-order chi connectivity index (χ0) is 9.35. The Kier molecular flexibility index (Phi) is 2.12. The Balaban J connectivity index is 2.49. The molecule has 0 bridgehead atoms. The topological polar surface area (TPSA) is 90.0 Å². The summed E-state index contributed by atoms with van der Waals surface area (Å²) in [7, 11) is 0.683. The van der Waals surface area contributed by atoms with Crippen molar-refractivity contribution in [2.45, 2.75) is 6.04 Å². The number of nitrogens with zero attached hydrogens (tertiary/aromatic N) is 2. The van der Waals surface area contributed by atoms with Crippen molar-refractivity contribution in [3.63, 3.8) is 0 Å². The van der Waals surface area contributed by atoms with Gasteiger partial charge in [-0.05, 0) is 0 Å². The summed E-state index contributed by atoms with van der Waals surface area (Å²) in [6.45, 7) is 0.245. The second kappa shape index (κ2) is 2.80. The van der Waals surface area contributed by atoms with Crippen molar-refractivity contribution in [1.82, 2.24) is 9.62 Å². The minimum absolute atomic E-state index is 0.245. The number of halogens is 1. The minimum atomic E-state index is -4.04. The molecule has 0 spiro atoms. The Hall–Kier alpha value is -1.00. The maximum absolute atomic E-state index is 10.8. The molecule has 0 aromatic rings. The molecule has 1 saturated heterocycles. The van der Waals surface area contributed by atoms with E-state index in [1.807, 2.05) is 0 Å². The van der Waals surface area contributed by atoms with Crippen molar-refractivity contribution in [1.29, 1.82) is 5.26 Å². The normalized spacial score (nSPS) is 21.3. The lowest BCUT2D eigenvalue weighted by atomic mass is 10.5. The van der Waals surface area contributed by atoms with Crippen LogP contribution in [0.15, 0.2) is 0 Å². The number of hydrogen-bond donors (Lipinski definition) is 1. The Morgan fingerprint density at radius 2 is 2.33 bits per heavy atom. The summed E-state index contributed by atoms with van der Waals surface area (Å²) in [5.74, 6) is 0. The van der Waals surface area contributed by atoms with E-state index in [2.05, 4.69) is 0 Å². The largest absolute Gasteiger partial charge is 0.333 e. The van der Waals surface area contributed by atoms with E-state index in [1.54, 1.807) is 6.07 Å². The predicted octanol–water partition coefficient (Wildman–Crippen LogP) is -0.613. The molecule has 1 aliphatic rings. The fourth-order valence-electron chi connectivity index (χ4n) is 0.637. The molecule has 1 N–H and O–H groups in total. The lowest BCUT2D eigenvalue weighted by Crippen LogP contribution is -2.31. The Labute approximate surface area is 73.3 Å². The highest BCUT2D eigenvalue weighted by Crippen LogP contribution is 2.15. The fourth-order valence-corrected chi connectivity index (χ4v) is 1.16. The Bertz CT molecular complexity index is 345. The van der Waals surface area contributed by atoms with E-state index >= 15 is 0 Å². The van der Waals surface area contributed by atoms with Crippen LogP contribution in [0.4, 0.5) is 4.79 Å². The van der Waals surface area contributed by atoms with Gasteiger partial charge < -0.3 is 4.90 Å². The van der Waals surface area contributed by atoms with Gasteiger partial charge in [-0.3, -0.25) is 0 Å². The number of amides is 2. The van der Waals surface area contributed by atoms with Crippen molar-refractivity contribution in [2.75, 3.05) is 6.54 Å². The molecule has 0 saturated carbocycles. The summed E-state index contributed by atoms with van der Waals surface area (Å²) in [5, 5.41) is 8.27. The fraction of sp³-hybridized carbons (Fsp3) is 0.500. The van der Waals surface area contributed by atoms with Crippen LogP contribution in [0.5, 0.6) is 0 Å². The summed E-state index contributed by atoms with van der Waals surface area (Å²) in [6.07, 6.45) is 0. The standard InChI is InChI=1S/C4H4ClN3O3S/c5-12(10,11)7-4(9)8-2-3(8)1-6/h3H,2H2,(H,7,9). The minimum Gasteiger partial charge on any atom is -0.303 e. The van der Waals surface area contributed by atoms with Crippen molar-refractivity contribution >= 4 is 26.0 Å². The second-order valence-electron chi connectivity index (χ2n) is 2.14. The lowest BCUT2D eigenvalue weighted by Gasteiger charge is -1.99. The molecular weight excluding hydrogens is 206 g/mol. The first kappa shape index (κ1) is 9.09. The molecule has 0 aromatic carbocycles. The average molecular weight is 210 g/mol. The highest BCUT2D eigenvalue weighted by atomic mass is 35.7. The molecule has 0 aliphatic carbocycles. The van der Waals surface area contributed by atoms with Gasteiger partial charge in [-0.1, -0.05) is 0 Å². The first-order valence-electron chi connectivity index (χ1n) is 2.86. The van der Waals surface area contributed by atoms with Gasteiger partial charge in [-0.25, -0.2) is 9.52 Å². The van der Waals surface area contributed by atoms with Crippen LogP contribution in [-0.2, 0) is 9.24 Å². The van der Waals surface area contributed by atoms with E-state index in [1.165, 1.54) is 4.72 Å². The maximum atomic E-state index is 10.8. The Morgan fingerprint density at radius 1 is 1.75 bits per heavy atom. The van der Waals surface area contributed by atoms with Crippen molar-refractivity contribution < 1.29 is 13.2 Å². The maximum Gasteiger partial charge on any atom is 0.333 e. The molecule has 2 amide bonds. The number of nitriles is 1. The van der Waals surface area contributed by atoms with Crippen molar-refractivity contribution in [3.05, 3.63) is 0 Å². The van der Waals surface area contributed by atoms with Crippen LogP contribution in [0.3, 0.4) is 0 Å². The van der Waals surface area contributed by atoms with Gasteiger partial charge in [0.1, 0.15) is 6.04 Å². The summed E-state index contributed by atoms with van der Waals surface area (Å²) in [5.41, 5.74) is 0. The molecule has 1 unspecified atom stereocenters. The molecule has 12 heavy (non-hydrogen) atoms. The molecule has 0 aromatic heterocycles. The molecule has 6 nitrogen and oxygen atoms in total. The van der Waals surface area contributed by atoms with E-state index in [0.717, 1.165) is 4.90 Å². The zero-order valence-corrected chi connectivity index (χ0v) is 7.26. The first-order valence-corrected chi connectivity index (χ1v) is 5.17. The van der Waals surface area contributed by atoms with Crippen LogP contribution in [0.1, 0.15) is 0 Å². The first-order chi connectivity index (χ1) is 5.44. The predicted molar refractivity (Wildman–Crippen MR) is 39.4 cm³/mol. The highest BCUT2D eigenvalue weighted by molar-refractivity contribution is 8.12. The van der Waals surface area contributed by atoms with Crippen LogP contribution >= 0.6 is 10.7 Å². The van der Waals surface area contributed by atoms with Gasteiger partial charge in [-0.2, -0.15) is 13.7 Å². The third-order valence-electron chi connectivity index (χ3n) is 1.23. The number of rotatable bonds is 1. The lowest BCUT2D eigenvalue weighted by molar-refractivity contribution is 0.234. The molecule has 66 valence electrons. The van der Waals surface area contributed by atoms with Crippen LogP contribution in [0.25, 0.3) is 0 Å². The monoisotopic (exact) mass is 209 g/mol. The quantitative estimate of drug-likeness (QED) is 0.461. The highest BCUT2D eigenvalue weighted by Gasteiger charge is 2.39. The number of carbonyl (C=O) groups excluding carboxylic acids is 1. The van der Waals surface area contributed by atoms with Crippen molar-refractivity contribution in [2.24, 2.45) is 0 Å². The van der Waals surface area contributed by atoms with E-state index in [-0.39, 0.29) is 6.54 Å². The molecule has 1 rings (SSSR count). The molecule has 0 radical (unpaired) electrons. The smallest absolute Gasteiger partial charge is 0.303 e. The zero-order valence-electron chi connectivity index (χ0n) is 5.69. The summed E-state index contributed by atoms with van der Waals surface area (Å²) < 4.78 is 22.1. The molecular formula is C4H4ClN3O3S. The molecule has 1 aliphatic heterocycles. The van der Waals surface area contributed by atoms with Crippen molar-refractivity contribution in [3.8, 4) is 6.07 Å². The summed E-state index contributed by atoms with van der Waals surface area (Å²) >= 11 is 0. The van der Waals surface area contributed by atoms with Gasteiger partial charge in [0.2, 0.25) is 0 Å². The van der Waals surface area contributed by atoms with Gasteiger partial charge in [0.15, 0.2) is 0 Å². The third kappa shape index (κ3) is 2.25. The Morgan fingerprint density at radius 3 is 2.67 bits per heavy atom. The SMILES string of the molecule is N#CC1CN1C(=O)NS(=O)(=O)Cl. The molecule has 1 heterocycles. The van der Waals surface area contributed by atoms with E-state index in [4.69, 9.17) is 15.9 Å². The van der Waals surface area contributed by atoms with E-state index < -0.39 is 21.3 Å². The van der Waals surface area contributed by atoms with Crippen LogP contribution in [0, 0.1) is 11.3 Å². The van der Waals surface area contributed by atoms with Crippen LogP contribution in [0.2, 0.25) is 0 Å². The summed E-state index contributed by atoms with van der Waals surface area (Å²) in [4.78, 5) is 11.8. The van der Waals surface area contributed by atoms with Crippen LogP contribution < -0.4 is 4.72 Å². The number of carbonyl (C=O) groups is 1. The van der Waals surface area contributed by atoms with Gasteiger partial charge in [0.05, 0.1) is 12.6 Å². The van der Waals surface area contributed by atoms with Gasteiger partial charge >= 0.3 is 15.3 Å². The number of urea groups is 1. The molecule has 1 fully saturated rings. The number of hydrogen-bond acceptors (Lipinski definition) is 4. The third-order valence-corrected chi connectivity index (χ3v) is 1.88. The second-order valence-corrected chi connectivity index (χ2v) is 4.44. The van der Waals surface area contributed by atoms with Gasteiger partial charge in [0.25, 0.3) is 0 Å². The van der Waals surface area contributed by atoms with Gasteiger partial charge in [0, 0.05) is 10.7 Å². The molecule has 8 heteroatoms. The number of nitrogens with one attached hydrogen (secondary N) is 1. The van der Waals surface area contributed by atoms with Crippen LogP contribution in [-0.4, -0.2) is 31.9 Å². The van der Waals surface area contributed by atoms with Gasteiger partial charge in [-0.15, -0.1) is 0 Å². The average Bonchev–Trinajstić information content (AvgIpc) is 2.60. The van der Waals surface area contributed by atoms with E-state index in [0.29, 0.717) is 0 Å². The summed E-state index contributed by atoms with van der Waals surface area (Å²) in [6, 6.07) is 0.394. The molecule has 1 atom stereocenters. The van der Waals surface area contributed by atoms with E-state index in [9.17, 15) is 13.2 Å².